The Morgan fingerprint density at radius 3 is 2.20 bits per heavy atom. The molecule has 0 saturated carbocycles. The van der Waals surface area contributed by atoms with Crippen molar-refractivity contribution in [3.63, 3.8) is 0 Å². The summed E-state index contributed by atoms with van der Waals surface area (Å²) in [6.45, 7) is 5.05. The normalized spacial score (nSPS) is 13.0. The molecule has 13 heteroatoms. The molecule has 0 fully saturated rings. The van der Waals surface area contributed by atoms with E-state index in [0.29, 0.717) is 10.9 Å². The van der Waals surface area contributed by atoms with Crippen molar-refractivity contribution in [3.8, 4) is 16.9 Å². The van der Waals surface area contributed by atoms with E-state index in [-0.39, 0.29) is 81.8 Å². The molecule has 1 aliphatic carbocycles. The Hall–Kier alpha value is -3.34. The molecule has 0 saturated heterocycles. The van der Waals surface area contributed by atoms with Gasteiger partial charge in [-0.15, -0.1) is 5.56 Å². The molecule has 0 bridgehead atoms. The topological polar surface area (TPSA) is 151 Å². The second kappa shape index (κ2) is 14.8. The van der Waals surface area contributed by atoms with Crippen LogP contribution in [0, 0.1) is 13.0 Å². The predicted octanol–water partition coefficient (Wildman–Crippen LogP) is 5.99. The van der Waals surface area contributed by atoms with E-state index in [9.17, 15) is 24.1 Å². The number of aliphatic carboxylic acids is 1. The van der Waals surface area contributed by atoms with Gasteiger partial charge in [-0.1, -0.05) is 72.5 Å². The van der Waals surface area contributed by atoms with Gasteiger partial charge < -0.3 is 24.1 Å². The van der Waals surface area contributed by atoms with Crippen LogP contribution in [-0.4, -0.2) is 43.0 Å². The fraction of sp³-hybridized carbons (Fsp3) is 0.281. The van der Waals surface area contributed by atoms with Crippen molar-refractivity contribution in [2.24, 2.45) is 0 Å². The predicted molar refractivity (Wildman–Crippen MR) is 161 cm³/mol. The monoisotopic (exact) mass is 709 g/mol. The standard InChI is InChI=1S/C32H31NO10P.Y/c1-4-40-44(38,41-5-2)43-28-17-29-25(14-19(28)3)20(16-30(34)42-29)15-27(31(35)36)33-32(37)39-18-26-23-12-8-6-10-21(23)22-11-7-9-13-24(22)26;/h6-14,16,26-27H,4-5,15,18H2,1-3H3,(H,33,37)(H,35,36);/q-1;/t27-;/m0./s1. The summed E-state index contributed by atoms with van der Waals surface area (Å²) in [5, 5.41) is 12.7. The minimum absolute atomic E-state index is 0. The van der Waals surface area contributed by atoms with E-state index in [0.717, 1.165) is 28.3 Å². The summed E-state index contributed by atoms with van der Waals surface area (Å²) in [5.74, 6) is -1.54. The van der Waals surface area contributed by atoms with Crippen molar-refractivity contribution in [1.82, 2.24) is 5.32 Å². The number of hydrogen-bond acceptors (Lipinski definition) is 9. The number of carbonyl (C=O) groups is 2. The molecular weight excluding hydrogens is 678 g/mol. The van der Waals surface area contributed by atoms with Crippen molar-refractivity contribution in [2.75, 3.05) is 19.8 Å². The first-order valence-electron chi connectivity index (χ1n) is 14.0. The summed E-state index contributed by atoms with van der Waals surface area (Å²) in [6.07, 6.45) is -1.17. The summed E-state index contributed by atoms with van der Waals surface area (Å²) < 4.78 is 39.6. The maximum Gasteiger partial charge on any atom is 0.527 e. The third-order valence-electron chi connectivity index (χ3n) is 7.17. The van der Waals surface area contributed by atoms with E-state index < -0.39 is 31.6 Å². The van der Waals surface area contributed by atoms with Gasteiger partial charge in [-0.2, -0.15) is 6.07 Å². The number of carboxylic acid groups (broad SMARTS) is 1. The summed E-state index contributed by atoms with van der Waals surface area (Å²) in [7, 11) is -3.96. The molecule has 233 valence electrons. The third kappa shape index (κ3) is 7.73. The van der Waals surface area contributed by atoms with Crippen LogP contribution in [0.4, 0.5) is 4.79 Å². The van der Waals surface area contributed by atoms with Crippen molar-refractivity contribution >= 4 is 30.9 Å². The summed E-state index contributed by atoms with van der Waals surface area (Å²) >= 11 is 0. The van der Waals surface area contributed by atoms with Crippen LogP contribution >= 0.6 is 7.82 Å². The number of amides is 1. The number of aryl methyl sites for hydroxylation is 1. The maximum absolute atomic E-state index is 12.9. The Morgan fingerprint density at radius 1 is 1.02 bits per heavy atom. The largest absolute Gasteiger partial charge is 0.527 e. The number of phosphoric ester groups is 1. The number of ether oxygens (including phenoxy) is 1. The first-order chi connectivity index (χ1) is 21.1. The number of phosphoric acid groups is 1. The number of carboxylic acids is 1. The molecule has 3 aromatic carbocycles. The first-order valence-corrected chi connectivity index (χ1v) is 15.5. The van der Waals surface area contributed by atoms with E-state index in [2.05, 4.69) is 11.4 Å². The zero-order valence-corrected chi connectivity index (χ0v) is 28.6. The van der Waals surface area contributed by atoms with Crippen LogP contribution in [0.1, 0.15) is 42.0 Å². The quantitative estimate of drug-likeness (QED) is 0.102. The Kier molecular flexibility index (Phi) is 11.4. The van der Waals surface area contributed by atoms with Crippen LogP contribution in [0.5, 0.6) is 5.75 Å². The number of fused-ring (bicyclic) bond motifs is 4. The van der Waals surface area contributed by atoms with Gasteiger partial charge >= 0.3 is 25.5 Å². The van der Waals surface area contributed by atoms with Gasteiger partial charge in [0.25, 0.3) is 0 Å². The molecule has 2 N–H and O–H groups in total. The Labute approximate surface area is 284 Å². The first kappa shape index (κ1) is 34.5. The molecule has 11 nitrogen and oxygen atoms in total. The molecule has 1 aromatic heterocycles. The van der Waals surface area contributed by atoms with Gasteiger partial charge in [-0.25, -0.2) is 18.9 Å². The fourth-order valence-electron chi connectivity index (χ4n) is 5.27. The number of benzene rings is 3. The molecule has 1 atom stereocenters. The summed E-state index contributed by atoms with van der Waals surface area (Å²) in [5.41, 5.74) is 4.07. The minimum Gasteiger partial charge on any atom is -0.480 e. The Bertz CT molecular complexity index is 1770. The number of hydrogen-bond donors (Lipinski definition) is 2. The third-order valence-corrected chi connectivity index (χ3v) is 8.72. The molecular formula is C32H31NO10PY-. The van der Waals surface area contributed by atoms with Gasteiger partial charge in [0.05, 0.1) is 13.2 Å². The van der Waals surface area contributed by atoms with Crippen LogP contribution < -0.4 is 15.5 Å². The van der Waals surface area contributed by atoms with E-state index in [1.165, 1.54) is 0 Å². The van der Waals surface area contributed by atoms with Gasteiger partial charge in [0.1, 0.15) is 12.6 Å². The van der Waals surface area contributed by atoms with Crippen LogP contribution in [-0.2, 0) is 62.3 Å². The van der Waals surface area contributed by atoms with E-state index >= 15 is 0 Å². The van der Waals surface area contributed by atoms with Gasteiger partial charge in [-0.3, -0.25) is 9.05 Å². The van der Waals surface area contributed by atoms with Crippen molar-refractivity contribution < 1.29 is 74.7 Å². The molecule has 0 aliphatic heterocycles. The average molecular weight is 709 g/mol. The average Bonchev–Trinajstić information content (AvgIpc) is 3.30. The molecule has 1 heterocycles. The molecule has 1 amide bonds. The van der Waals surface area contributed by atoms with E-state index in [4.69, 9.17) is 22.7 Å². The molecule has 0 unspecified atom stereocenters. The maximum atomic E-state index is 12.9. The zero-order chi connectivity index (χ0) is 31.4. The van der Waals surface area contributed by atoms with E-state index in [1.54, 1.807) is 26.8 Å². The molecule has 45 heavy (non-hydrogen) atoms. The van der Waals surface area contributed by atoms with Crippen LogP contribution in [0.15, 0.2) is 69.9 Å². The van der Waals surface area contributed by atoms with Crippen LogP contribution in [0.3, 0.4) is 0 Å². The Morgan fingerprint density at radius 2 is 1.62 bits per heavy atom. The Balaban J connectivity index is 0.00000461. The van der Waals surface area contributed by atoms with Crippen LogP contribution in [0.25, 0.3) is 22.1 Å². The number of carbonyl (C=O) groups excluding carboxylic acids is 1. The van der Waals surface area contributed by atoms with Gasteiger partial charge in [0, 0.05) is 56.0 Å². The molecule has 5 rings (SSSR count). The molecule has 0 spiro atoms. The van der Waals surface area contributed by atoms with Crippen molar-refractivity contribution in [1.29, 1.82) is 0 Å². The van der Waals surface area contributed by atoms with Crippen molar-refractivity contribution in [3.05, 3.63) is 99.4 Å². The second-order valence-electron chi connectivity index (χ2n) is 10.1. The fourth-order valence-corrected chi connectivity index (χ4v) is 6.50. The van der Waals surface area contributed by atoms with Crippen LogP contribution in [0.2, 0.25) is 0 Å². The molecule has 1 aliphatic rings. The van der Waals surface area contributed by atoms with E-state index in [1.807, 2.05) is 48.5 Å². The molecule has 1 radical (unpaired) electrons. The summed E-state index contributed by atoms with van der Waals surface area (Å²) in [4.78, 5) is 37.5. The smallest absolute Gasteiger partial charge is 0.480 e. The van der Waals surface area contributed by atoms with Gasteiger partial charge in [-0.05, 0) is 42.5 Å². The number of nitrogens with one attached hydrogen (secondary N) is 1. The second-order valence-corrected chi connectivity index (χ2v) is 11.6. The zero-order valence-electron chi connectivity index (χ0n) is 24.9. The SMILES string of the molecule is CCOP(=O)(OCC)Oc1[c-]c2oc(=O)cc(C[C@H](NC(=O)OCC3c4ccccc4-c4ccccc43)C(=O)O)c2cc1C.[Y]. The van der Waals surface area contributed by atoms with Crippen molar-refractivity contribution in [2.45, 2.75) is 39.2 Å². The van der Waals surface area contributed by atoms with Gasteiger partial charge in [0.15, 0.2) is 0 Å². The molecule has 4 aromatic rings. The summed E-state index contributed by atoms with van der Waals surface area (Å²) in [6, 6.07) is 19.8. The minimum atomic E-state index is -3.96. The number of rotatable bonds is 12. The van der Waals surface area contributed by atoms with Gasteiger partial charge in [0.2, 0.25) is 0 Å². The number of alkyl carbamates (subject to hydrolysis) is 1.